The first-order chi connectivity index (χ1) is 13.7. The van der Waals surface area contributed by atoms with Gasteiger partial charge >= 0.3 is 6.36 Å². The van der Waals surface area contributed by atoms with E-state index in [-0.39, 0.29) is 21.9 Å². The van der Waals surface area contributed by atoms with Crippen molar-refractivity contribution in [3.8, 4) is 11.5 Å². The third-order valence-electron chi connectivity index (χ3n) is 3.52. The number of hydrogen-bond acceptors (Lipinski definition) is 5. The van der Waals surface area contributed by atoms with E-state index in [9.17, 15) is 26.4 Å². The number of rotatable bonds is 6. The van der Waals surface area contributed by atoms with Gasteiger partial charge in [-0.15, -0.1) is 13.2 Å². The van der Waals surface area contributed by atoms with Gasteiger partial charge in [0.05, 0.1) is 12.8 Å². The van der Waals surface area contributed by atoms with Gasteiger partial charge in [0.25, 0.3) is 5.91 Å². The highest BCUT2D eigenvalue weighted by Gasteiger charge is 2.32. The fourth-order valence-electron chi connectivity index (χ4n) is 2.46. The Morgan fingerprint density at radius 3 is 2.20 bits per heavy atom. The van der Waals surface area contributed by atoms with Crippen LogP contribution in [-0.2, 0) is 10.0 Å². The van der Waals surface area contributed by atoms with E-state index in [1.54, 1.807) is 20.8 Å². The molecule has 164 valence electrons. The molecule has 0 bridgehead atoms. The fraction of sp³-hybridized carbons (Fsp3) is 0.316. The largest absolute Gasteiger partial charge is 0.573 e. The molecule has 0 atom stereocenters. The maximum atomic E-state index is 12.7. The van der Waals surface area contributed by atoms with Gasteiger partial charge in [0, 0.05) is 11.1 Å². The van der Waals surface area contributed by atoms with Crippen molar-refractivity contribution in [2.24, 2.45) is 0 Å². The van der Waals surface area contributed by atoms with Gasteiger partial charge in [-0.1, -0.05) is 12.1 Å². The molecule has 11 heteroatoms. The number of methoxy groups -OCH3 is 1. The number of para-hydroxylation sites is 2. The maximum absolute atomic E-state index is 12.7. The van der Waals surface area contributed by atoms with Crippen LogP contribution in [0.25, 0.3) is 0 Å². The lowest BCUT2D eigenvalue weighted by Gasteiger charge is -2.21. The molecule has 2 rings (SSSR count). The smallest absolute Gasteiger partial charge is 0.495 e. The molecule has 0 heterocycles. The summed E-state index contributed by atoms with van der Waals surface area (Å²) in [7, 11) is -2.78. The molecule has 0 radical (unpaired) electrons. The molecule has 0 aliphatic carbocycles. The number of anilines is 1. The van der Waals surface area contributed by atoms with Crippen molar-refractivity contribution in [3.63, 3.8) is 0 Å². The summed E-state index contributed by atoms with van der Waals surface area (Å²) in [6, 6.07) is 8.64. The molecule has 0 saturated heterocycles. The number of benzene rings is 2. The Bertz CT molecular complexity index is 1030. The highest BCUT2D eigenvalue weighted by atomic mass is 32.2. The molecular weight excluding hydrogens is 425 g/mol. The lowest BCUT2D eigenvalue weighted by atomic mass is 10.1. The van der Waals surface area contributed by atoms with E-state index in [2.05, 4.69) is 14.8 Å². The second-order valence-electron chi connectivity index (χ2n) is 7.22. The molecule has 0 aromatic heterocycles. The van der Waals surface area contributed by atoms with Crippen molar-refractivity contribution in [1.29, 1.82) is 0 Å². The number of amides is 1. The second kappa shape index (κ2) is 8.52. The molecule has 2 aromatic rings. The summed E-state index contributed by atoms with van der Waals surface area (Å²) in [4.78, 5) is 12.3. The number of alkyl halides is 3. The van der Waals surface area contributed by atoms with Crippen LogP contribution < -0.4 is 19.5 Å². The number of sulfonamides is 1. The van der Waals surface area contributed by atoms with Gasteiger partial charge in [-0.3, -0.25) is 4.79 Å². The minimum atomic E-state index is -4.94. The molecule has 2 N–H and O–H groups in total. The summed E-state index contributed by atoms with van der Waals surface area (Å²) in [5.74, 6) is -1.43. The van der Waals surface area contributed by atoms with Gasteiger partial charge in [0.1, 0.15) is 10.6 Å². The molecule has 0 spiro atoms. The molecule has 2 aromatic carbocycles. The molecule has 1 amide bonds. The van der Waals surface area contributed by atoms with Crippen LogP contribution in [0.5, 0.6) is 11.5 Å². The van der Waals surface area contributed by atoms with Crippen LogP contribution in [0.4, 0.5) is 18.9 Å². The quantitative estimate of drug-likeness (QED) is 0.702. The van der Waals surface area contributed by atoms with Crippen molar-refractivity contribution in [1.82, 2.24) is 4.72 Å². The Morgan fingerprint density at radius 1 is 1.00 bits per heavy atom. The Labute approximate surface area is 172 Å². The van der Waals surface area contributed by atoms with Crippen LogP contribution in [0.1, 0.15) is 31.1 Å². The van der Waals surface area contributed by atoms with Gasteiger partial charge in [0.15, 0.2) is 5.75 Å². The highest BCUT2D eigenvalue weighted by molar-refractivity contribution is 7.89. The van der Waals surface area contributed by atoms with Crippen molar-refractivity contribution < 1.29 is 35.9 Å². The van der Waals surface area contributed by atoms with E-state index in [1.165, 1.54) is 37.4 Å². The normalized spacial score (nSPS) is 12.4. The lowest BCUT2D eigenvalue weighted by molar-refractivity contribution is -0.274. The second-order valence-corrected chi connectivity index (χ2v) is 8.87. The molecule has 0 aliphatic rings. The van der Waals surface area contributed by atoms with Crippen molar-refractivity contribution in [2.45, 2.75) is 37.6 Å². The average molecular weight is 446 g/mol. The predicted molar refractivity (Wildman–Crippen MR) is 104 cm³/mol. The van der Waals surface area contributed by atoms with Gasteiger partial charge in [-0.25, -0.2) is 13.1 Å². The Hall–Kier alpha value is -2.79. The molecule has 7 nitrogen and oxygen atoms in total. The SMILES string of the molecule is COc1ccc(C(=O)Nc2ccccc2OC(F)(F)F)cc1S(=O)(=O)NC(C)(C)C. The number of carbonyl (C=O) groups excluding carboxylic acids is 1. The van der Waals surface area contributed by atoms with Crippen LogP contribution in [0.15, 0.2) is 47.4 Å². The van der Waals surface area contributed by atoms with E-state index >= 15 is 0 Å². The summed E-state index contributed by atoms with van der Waals surface area (Å²) >= 11 is 0. The third-order valence-corrected chi connectivity index (χ3v) is 5.30. The van der Waals surface area contributed by atoms with Gasteiger partial charge in [-0.05, 0) is 51.1 Å². The minimum Gasteiger partial charge on any atom is -0.495 e. The van der Waals surface area contributed by atoms with E-state index in [4.69, 9.17) is 4.74 Å². The topological polar surface area (TPSA) is 93.7 Å². The molecule has 30 heavy (non-hydrogen) atoms. The standard InChI is InChI=1S/C19H21F3N2O5S/c1-18(2,3)24-30(26,27)16-11-12(9-10-15(16)28-4)17(25)23-13-7-5-6-8-14(13)29-19(20,21)22/h5-11,24H,1-4H3,(H,23,25). The highest BCUT2D eigenvalue weighted by Crippen LogP contribution is 2.31. The molecule has 0 unspecified atom stereocenters. The van der Waals surface area contributed by atoms with Crippen molar-refractivity contribution >= 4 is 21.6 Å². The van der Waals surface area contributed by atoms with Crippen molar-refractivity contribution in [2.75, 3.05) is 12.4 Å². The van der Waals surface area contributed by atoms with E-state index in [0.717, 1.165) is 12.1 Å². The Morgan fingerprint density at radius 2 is 1.63 bits per heavy atom. The maximum Gasteiger partial charge on any atom is 0.573 e. The zero-order valence-corrected chi connectivity index (χ0v) is 17.4. The molecular formula is C19H21F3N2O5S. The first kappa shape index (κ1) is 23.5. The van der Waals surface area contributed by atoms with E-state index in [0.29, 0.717) is 0 Å². The van der Waals surface area contributed by atoms with E-state index in [1.807, 2.05) is 0 Å². The number of ether oxygens (including phenoxy) is 2. The third kappa shape index (κ3) is 6.36. The van der Waals surface area contributed by atoms with Gasteiger partial charge in [-0.2, -0.15) is 0 Å². The Kier molecular flexibility index (Phi) is 6.67. The summed E-state index contributed by atoms with van der Waals surface area (Å²) in [5.41, 5.74) is -1.13. The first-order valence-electron chi connectivity index (χ1n) is 8.60. The minimum absolute atomic E-state index is 0.00380. The Balaban J connectivity index is 2.39. The lowest BCUT2D eigenvalue weighted by Crippen LogP contribution is -2.40. The number of nitrogens with one attached hydrogen (secondary N) is 2. The van der Waals surface area contributed by atoms with Crippen LogP contribution >= 0.6 is 0 Å². The summed E-state index contributed by atoms with van der Waals surface area (Å²) in [5, 5.41) is 2.29. The average Bonchev–Trinajstić information content (AvgIpc) is 2.59. The molecule has 0 aliphatic heterocycles. The number of hydrogen-bond donors (Lipinski definition) is 2. The van der Waals surface area contributed by atoms with Gasteiger partial charge in [0.2, 0.25) is 10.0 Å². The summed E-state index contributed by atoms with van der Waals surface area (Å²) in [6.45, 7) is 4.93. The molecule has 0 fully saturated rings. The summed E-state index contributed by atoms with van der Waals surface area (Å²) < 4.78 is 74.5. The zero-order chi connectivity index (χ0) is 22.7. The molecule has 0 saturated carbocycles. The number of carbonyl (C=O) groups is 1. The predicted octanol–water partition coefficient (Wildman–Crippen LogP) is 3.92. The fourth-order valence-corrected chi connectivity index (χ4v) is 4.08. The summed E-state index contributed by atoms with van der Waals surface area (Å²) in [6.07, 6.45) is -4.94. The zero-order valence-electron chi connectivity index (χ0n) is 16.6. The van der Waals surface area contributed by atoms with Crippen LogP contribution in [-0.4, -0.2) is 33.3 Å². The van der Waals surface area contributed by atoms with Crippen LogP contribution in [0, 0.1) is 0 Å². The number of halogens is 3. The monoisotopic (exact) mass is 446 g/mol. The van der Waals surface area contributed by atoms with E-state index < -0.39 is 33.6 Å². The van der Waals surface area contributed by atoms with Crippen LogP contribution in [0.2, 0.25) is 0 Å². The van der Waals surface area contributed by atoms with Gasteiger partial charge < -0.3 is 14.8 Å². The van der Waals surface area contributed by atoms with Crippen molar-refractivity contribution in [3.05, 3.63) is 48.0 Å². The first-order valence-corrected chi connectivity index (χ1v) is 10.1. The van der Waals surface area contributed by atoms with Crippen LogP contribution in [0.3, 0.4) is 0 Å².